The molecule has 3 rings (SSSR count). The molecule has 3 aromatic rings. The molecule has 0 atom stereocenters. The van der Waals surface area contributed by atoms with Crippen LogP contribution in [0.1, 0.15) is 28.0 Å². The normalized spacial score (nSPS) is 10.4. The molecule has 0 saturated heterocycles. The van der Waals surface area contributed by atoms with E-state index in [0.717, 1.165) is 17.0 Å². The molecule has 2 heterocycles. The maximum absolute atomic E-state index is 12.1. The molecule has 29 heavy (non-hydrogen) atoms. The van der Waals surface area contributed by atoms with Crippen LogP contribution >= 0.6 is 11.3 Å². The van der Waals surface area contributed by atoms with E-state index in [-0.39, 0.29) is 17.4 Å². The van der Waals surface area contributed by atoms with Gasteiger partial charge >= 0.3 is 0 Å². The van der Waals surface area contributed by atoms with Gasteiger partial charge < -0.3 is 15.0 Å². The lowest BCUT2D eigenvalue weighted by Gasteiger charge is -2.06. The molecule has 3 N–H and O–H groups in total. The van der Waals surface area contributed by atoms with Crippen molar-refractivity contribution < 1.29 is 14.3 Å². The first-order chi connectivity index (χ1) is 14.0. The number of ether oxygens (including phenoxy) is 1. The van der Waals surface area contributed by atoms with Crippen LogP contribution in [0.25, 0.3) is 0 Å². The SMILES string of the molecule is COc1ccc(CNC(=O)CCc2csc(NC(=O)c3ccc(=O)[nH]c3)n2)cc1. The quantitative estimate of drug-likeness (QED) is 0.526. The molecule has 0 unspecified atom stereocenters. The molecule has 9 heteroatoms. The number of aromatic nitrogens is 2. The molecule has 0 aliphatic rings. The first-order valence-electron chi connectivity index (χ1n) is 8.87. The monoisotopic (exact) mass is 412 g/mol. The van der Waals surface area contributed by atoms with Crippen LogP contribution in [0, 0.1) is 0 Å². The molecular formula is C20H20N4O4S. The summed E-state index contributed by atoms with van der Waals surface area (Å²) in [6.45, 7) is 0.445. The maximum Gasteiger partial charge on any atom is 0.258 e. The topological polar surface area (TPSA) is 113 Å². The number of thiazole rings is 1. The number of benzene rings is 1. The lowest BCUT2D eigenvalue weighted by molar-refractivity contribution is -0.121. The van der Waals surface area contributed by atoms with Crippen molar-refractivity contribution >= 4 is 28.3 Å². The summed E-state index contributed by atoms with van der Waals surface area (Å²) in [5.41, 5.74) is 1.77. The van der Waals surface area contributed by atoms with E-state index in [9.17, 15) is 14.4 Å². The zero-order chi connectivity index (χ0) is 20.6. The number of aromatic amines is 1. The van der Waals surface area contributed by atoms with Crippen molar-refractivity contribution in [2.45, 2.75) is 19.4 Å². The van der Waals surface area contributed by atoms with Gasteiger partial charge in [-0.1, -0.05) is 12.1 Å². The number of H-pyrrole nitrogens is 1. The van der Waals surface area contributed by atoms with Crippen LogP contribution in [0.4, 0.5) is 5.13 Å². The largest absolute Gasteiger partial charge is 0.497 e. The van der Waals surface area contributed by atoms with Crippen molar-refractivity contribution in [2.75, 3.05) is 12.4 Å². The number of amides is 2. The Bertz CT molecular complexity index is 1020. The van der Waals surface area contributed by atoms with Crippen molar-refractivity contribution in [1.82, 2.24) is 15.3 Å². The number of methoxy groups -OCH3 is 1. The Balaban J connectivity index is 1.44. The molecule has 150 valence electrons. The Morgan fingerprint density at radius 1 is 1.17 bits per heavy atom. The molecule has 0 spiro atoms. The number of hydrogen-bond acceptors (Lipinski definition) is 6. The van der Waals surface area contributed by atoms with E-state index in [1.165, 1.54) is 29.7 Å². The number of nitrogens with zero attached hydrogens (tertiary/aromatic N) is 1. The second kappa shape index (κ2) is 9.65. The van der Waals surface area contributed by atoms with Crippen LogP contribution in [0.2, 0.25) is 0 Å². The number of carbonyl (C=O) groups excluding carboxylic acids is 2. The minimum atomic E-state index is -0.362. The van der Waals surface area contributed by atoms with Crippen LogP contribution in [0.15, 0.2) is 52.8 Å². The third kappa shape index (κ3) is 6.01. The summed E-state index contributed by atoms with van der Waals surface area (Å²) in [4.78, 5) is 42.0. The zero-order valence-electron chi connectivity index (χ0n) is 15.7. The highest BCUT2D eigenvalue weighted by molar-refractivity contribution is 7.14. The fraction of sp³-hybridized carbons (Fsp3) is 0.200. The highest BCUT2D eigenvalue weighted by Gasteiger charge is 2.10. The van der Waals surface area contributed by atoms with Crippen molar-refractivity contribution in [3.8, 4) is 5.75 Å². The number of rotatable bonds is 8. The molecule has 0 fully saturated rings. The van der Waals surface area contributed by atoms with Crippen molar-refractivity contribution in [1.29, 1.82) is 0 Å². The predicted octanol–water partition coefficient (Wildman–Crippen LogP) is 2.34. The number of anilines is 1. The maximum atomic E-state index is 12.1. The van der Waals surface area contributed by atoms with Gasteiger partial charge in [0.1, 0.15) is 5.75 Å². The van der Waals surface area contributed by atoms with Crippen molar-refractivity contribution in [3.63, 3.8) is 0 Å². The Labute approximate surface area is 171 Å². The summed E-state index contributed by atoms with van der Waals surface area (Å²) in [6, 6.07) is 10.2. The smallest absolute Gasteiger partial charge is 0.258 e. The van der Waals surface area contributed by atoms with Gasteiger partial charge in [0.25, 0.3) is 5.91 Å². The molecule has 8 nitrogen and oxygen atoms in total. The minimum Gasteiger partial charge on any atom is -0.497 e. The van der Waals surface area contributed by atoms with E-state index < -0.39 is 0 Å². The van der Waals surface area contributed by atoms with Gasteiger partial charge in [-0.05, 0) is 30.2 Å². The Morgan fingerprint density at radius 3 is 2.66 bits per heavy atom. The Kier molecular flexibility index (Phi) is 6.75. The van der Waals surface area contributed by atoms with E-state index in [1.807, 2.05) is 24.3 Å². The predicted molar refractivity (Wildman–Crippen MR) is 110 cm³/mol. The molecule has 0 radical (unpaired) electrons. The van der Waals surface area contributed by atoms with Gasteiger partial charge in [-0.2, -0.15) is 0 Å². The van der Waals surface area contributed by atoms with E-state index in [0.29, 0.717) is 30.1 Å². The highest BCUT2D eigenvalue weighted by atomic mass is 32.1. The Morgan fingerprint density at radius 2 is 1.97 bits per heavy atom. The van der Waals surface area contributed by atoms with Gasteiger partial charge in [-0.15, -0.1) is 11.3 Å². The average Bonchev–Trinajstić information content (AvgIpc) is 3.18. The van der Waals surface area contributed by atoms with E-state index in [4.69, 9.17) is 4.74 Å². The number of aryl methyl sites for hydroxylation is 1. The first-order valence-corrected chi connectivity index (χ1v) is 9.75. The molecular weight excluding hydrogens is 392 g/mol. The first kappa shape index (κ1) is 20.3. The van der Waals surface area contributed by atoms with Crippen molar-refractivity contribution in [3.05, 3.63) is 75.1 Å². The second-order valence-electron chi connectivity index (χ2n) is 6.16. The summed E-state index contributed by atoms with van der Waals surface area (Å²) in [5, 5.41) is 7.79. The average molecular weight is 412 g/mol. The summed E-state index contributed by atoms with van der Waals surface area (Å²) in [7, 11) is 1.61. The van der Waals surface area contributed by atoms with Crippen molar-refractivity contribution in [2.24, 2.45) is 0 Å². The molecule has 1 aromatic carbocycles. The van der Waals surface area contributed by atoms with Gasteiger partial charge in [-0.25, -0.2) is 4.98 Å². The summed E-state index contributed by atoms with van der Waals surface area (Å²) in [6.07, 6.45) is 2.12. The summed E-state index contributed by atoms with van der Waals surface area (Å²) >= 11 is 1.28. The number of carbonyl (C=O) groups is 2. The van der Waals surface area contributed by atoms with Gasteiger partial charge in [0.15, 0.2) is 5.13 Å². The van der Waals surface area contributed by atoms with Crippen LogP contribution < -0.4 is 20.9 Å². The lowest BCUT2D eigenvalue weighted by atomic mass is 10.2. The van der Waals surface area contributed by atoms with Crippen LogP contribution in [-0.2, 0) is 17.8 Å². The summed E-state index contributed by atoms with van der Waals surface area (Å²) < 4.78 is 5.10. The van der Waals surface area contributed by atoms with Gasteiger partial charge in [0.2, 0.25) is 11.5 Å². The minimum absolute atomic E-state index is 0.0763. The second-order valence-corrected chi connectivity index (χ2v) is 7.02. The number of pyridine rings is 1. The molecule has 0 aliphatic heterocycles. The highest BCUT2D eigenvalue weighted by Crippen LogP contribution is 2.17. The molecule has 0 saturated carbocycles. The Hall–Kier alpha value is -3.46. The molecule has 0 bridgehead atoms. The van der Waals surface area contributed by atoms with E-state index in [1.54, 1.807) is 12.5 Å². The zero-order valence-corrected chi connectivity index (χ0v) is 16.5. The third-order valence-electron chi connectivity index (χ3n) is 4.08. The fourth-order valence-electron chi connectivity index (χ4n) is 2.47. The van der Waals surface area contributed by atoms with Crippen LogP contribution in [0.3, 0.4) is 0 Å². The number of hydrogen-bond donors (Lipinski definition) is 3. The summed E-state index contributed by atoms with van der Waals surface area (Å²) in [5.74, 6) is 0.332. The third-order valence-corrected chi connectivity index (χ3v) is 4.88. The van der Waals surface area contributed by atoms with Crippen LogP contribution in [0.5, 0.6) is 5.75 Å². The van der Waals surface area contributed by atoms with Gasteiger partial charge in [0.05, 0.1) is 18.4 Å². The fourth-order valence-corrected chi connectivity index (χ4v) is 3.21. The van der Waals surface area contributed by atoms with Gasteiger partial charge in [-0.3, -0.25) is 19.7 Å². The standard InChI is InChI=1S/C20H20N4O4S/c1-28-16-6-2-13(3-7-16)10-21-18(26)9-5-15-12-29-20(23-15)24-19(27)14-4-8-17(25)22-11-14/h2-4,6-8,11-12H,5,9-10H2,1H3,(H,21,26)(H,22,25)(H,23,24,27). The van der Waals surface area contributed by atoms with E-state index in [2.05, 4.69) is 20.6 Å². The molecule has 2 aromatic heterocycles. The van der Waals surface area contributed by atoms with E-state index >= 15 is 0 Å². The molecule has 0 aliphatic carbocycles. The van der Waals surface area contributed by atoms with Crippen LogP contribution in [-0.4, -0.2) is 28.9 Å². The molecule has 2 amide bonds. The number of nitrogens with one attached hydrogen (secondary N) is 3. The van der Waals surface area contributed by atoms with Gasteiger partial charge in [0, 0.05) is 30.6 Å². The lowest BCUT2D eigenvalue weighted by Crippen LogP contribution is -2.23.